The van der Waals surface area contributed by atoms with Gasteiger partial charge in [-0.05, 0) is 20.3 Å². The van der Waals surface area contributed by atoms with Crippen molar-refractivity contribution in [2.75, 3.05) is 19.3 Å². The summed E-state index contributed by atoms with van der Waals surface area (Å²) < 4.78 is 28.5. The Balaban J connectivity index is 1.93. The monoisotopic (exact) mass is 417 g/mol. The number of carbonyl (C=O) groups excluding carboxylic acids is 2. The summed E-state index contributed by atoms with van der Waals surface area (Å²) in [6.45, 7) is 3.97. The number of amides is 2. The van der Waals surface area contributed by atoms with Crippen molar-refractivity contribution < 1.29 is 22.5 Å². The predicted molar refractivity (Wildman–Crippen MR) is 95.1 cm³/mol. The smallest absolute Gasteiger partial charge is 0.284 e. The van der Waals surface area contributed by atoms with Crippen molar-refractivity contribution >= 4 is 44.6 Å². The van der Waals surface area contributed by atoms with Crippen LogP contribution < -0.4 is 0 Å². The molecular weight excluding hydrogens is 402 g/mol. The number of hydrogen-bond acceptors (Lipinski definition) is 7. The number of rotatable bonds is 3. The maximum absolute atomic E-state index is 12.9. The molecule has 3 heterocycles. The molecule has 0 N–H and O–H groups in total. The van der Waals surface area contributed by atoms with E-state index in [1.54, 1.807) is 13.8 Å². The van der Waals surface area contributed by atoms with E-state index in [4.69, 9.17) is 16.1 Å². The van der Waals surface area contributed by atoms with Gasteiger partial charge in [-0.15, -0.1) is 11.3 Å². The van der Waals surface area contributed by atoms with Crippen LogP contribution in [0.15, 0.2) is 14.8 Å². The molecule has 0 aliphatic carbocycles. The summed E-state index contributed by atoms with van der Waals surface area (Å²) in [5, 5.41) is 7.61. The van der Waals surface area contributed by atoms with Gasteiger partial charge >= 0.3 is 0 Å². The molecule has 2 amide bonds. The molecule has 140 valence electrons. The SMILES string of the molecule is Cc1noc(C)c1C(=O)N1CCCN1C(=O)c1scc(S(C)(=O)=O)c1Cl. The van der Waals surface area contributed by atoms with Crippen LogP contribution >= 0.6 is 22.9 Å². The topological polar surface area (TPSA) is 101 Å². The van der Waals surface area contributed by atoms with E-state index in [1.165, 1.54) is 15.4 Å². The Morgan fingerprint density at radius 3 is 2.35 bits per heavy atom. The molecule has 1 aliphatic rings. The van der Waals surface area contributed by atoms with Gasteiger partial charge in [0.1, 0.15) is 16.2 Å². The minimum atomic E-state index is -3.54. The van der Waals surface area contributed by atoms with Crippen molar-refractivity contribution in [1.82, 2.24) is 15.2 Å². The first-order valence-electron chi connectivity index (χ1n) is 7.66. The summed E-state index contributed by atoms with van der Waals surface area (Å²) in [6, 6.07) is 0. The van der Waals surface area contributed by atoms with Crippen molar-refractivity contribution in [3.05, 3.63) is 32.3 Å². The molecule has 0 bridgehead atoms. The van der Waals surface area contributed by atoms with Crippen molar-refractivity contribution in [3.63, 3.8) is 0 Å². The highest BCUT2D eigenvalue weighted by molar-refractivity contribution is 7.91. The van der Waals surface area contributed by atoms with Crippen LogP contribution in [0, 0.1) is 13.8 Å². The first kappa shape index (κ1) is 18.9. The van der Waals surface area contributed by atoms with E-state index < -0.39 is 15.7 Å². The van der Waals surface area contributed by atoms with E-state index in [1.807, 2.05) is 0 Å². The van der Waals surface area contributed by atoms with Crippen LogP contribution in [0.4, 0.5) is 0 Å². The van der Waals surface area contributed by atoms with Crippen LogP contribution in [-0.2, 0) is 9.84 Å². The van der Waals surface area contributed by atoms with E-state index in [0.29, 0.717) is 36.5 Å². The highest BCUT2D eigenvalue weighted by Crippen LogP contribution is 2.33. The van der Waals surface area contributed by atoms with Crippen molar-refractivity contribution in [1.29, 1.82) is 0 Å². The molecule has 11 heteroatoms. The molecule has 1 fully saturated rings. The summed E-state index contributed by atoms with van der Waals surface area (Å²) in [7, 11) is -3.54. The average Bonchev–Trinajstić information content (AvgIpc) is 3.24. The summed E-state index contributed by atoms with van der Waals surface area (Å²) in [5.41, 5.74) is 0.763. The normalized spacial score (nSPS) is 14.9. The Hall–Kier alpha value is -1.91. The number of sulfone groups is 1. The van der Waals surface area contributed by atoms with Crippen LogP contribution in [0.2, 0.25) is 5.02 Å². The van der Waals surface area contributed by atoms with Gasteiger partial charge in [0.25, 0.3) is 11.8 Å². The number of hydrogen-bond donors (Lipinski definition) is 0. The van der Waals surface area contributed by atoms with Crippen molar-refractivity contribution in [3.8, 4) is 0 Å². The number of aromatic nitrogens is 1. The van der Waals surface area contributed by atoms with Gasteiger partial charge in [-0.2, -0.15) is 0 Å². The molecule has 8 nitrogen and oxygen atoms in total. The zero-order valence-corrected chi connectivity index (χ0v) is 16.7. The van der Waals surface area contributed by atoms with E-state index in [2.05, 4.69) is 5.16 Å². The van der Waals surface area contributed by atoms with Crippen LogP contribution in [0.25, 0.3) is 0 Å². The minimum absolute atomic E-state index is 0.0877. The van der Waals surface area contributed by atoms with Crippen LogP contribution in [0.1, 0.15) is 37.9 Å². The number of halogens is 1. The standard InChI is InChI=1S/C15H16ClN3O5S2/c1-8-11(9(2)24-17-8)14(20)18-5-4-6-19(18)15(21)13-12(16)10(7-25-13)26(3,22)23/h7H,4-6H2,1-3H3. The third-order valence-corrected chi connectivity index (χ3v) is 6.90. The number of aryl methyl sites for hydroxylation is 2. The molecule has 0 unspecified atom stereocenters. The largest absolute Gasteiger partial charge is 0.361 e. The van der Waals surface area contributed by atoms with E-state index in [9.17, 15) is 18.0 Å². The second kappa shape index (κ2) is 6.67. The van der Waals surface area contributed by atoms with E-state index >= 15 is 0 Å². The van der Waals surface area contributed by atoms with Crippen molar-refractivity contribution in [2.24, 2.45) is 0 Å². The molecule has 2 aromatic rings. The Labute approximate surface area is 159 Å². The van der Waals surface area contributed by atoms with Crippen LogP contribution in [0.3, 0.4) is 0 Å². The van der Waals surface area contributed by atoms with E-state index in [-0.39, 0.29) is 20.7 Å². The fraction of sp³-hybridized carbons (Fsp3) is 0.400. The highest BCUT2D eigenvalue weighted by Gasteiger charge is 2.36. The van der Waals surface area contributed by atoms with Gasteiger partial charge < -0.3 is 4.52 Å². The first-order chi connectivity index (χ1) is 12.1. The van der Waals surface area contributed by atoms with Crippen LogP contribution in [-0.4, -0.2) is 54.8 Å². The zero-order chi connectivity index (χ0) is 19.2. The van der Waals surface area contributed by atoms with Gasteiger partial charge in [0, 0.05) is 24.7 Å². The molecule has 3 rings (SSSR count). The summed E-state index contributed by atoms with van der Waals surface area (Å²) in [5.74, 6) is -0.518. The maximum Gasteiger partial charge on any atom is 0.284 e. The number of nitrogens with zero attached hydrogens (tertiary/aromatic N) is 3. The van der Waals surface area contributed by atoms with Gasteiger partial charge in [-0.3, -0.25) is 9.59 Å². The minimum Gasteiger partial charge on any atom is -0.361 e. The summed E-state index contributed by atoms with van der Waals surface area (Å²) >= 11 is 7.06. The summed E-state index contributed by atoms with van der Waals surface area (Å²) in [6.07, 6.45) is 1.63. The molecule has 26 heavy (non-hydrogen) atoms. The molecule has 0 spiro atoms. The molecule has 0 radical (unpaired) electrons. The number of carbonyl (C=O) groups is 2. The van der Waals surface area contributed by atoms with Gasteiger partial charge in [0.15, 0.2) is 9.84 Å². The second-order valence-corrected chi connectivity index (χ2v) is 9.17. The van der Waals surface area contributed by atoms with E-state index in [0.717, 1.165) is 17.6 Å². The Kier molecular flexibility index (Phi) is 4.84. The second-order valence-electron chi connectivity index (χ2n) is 5.92. The molecule has 2 aromatic heterocycles. The molecule has 1 saturated heterocycles. The fourth-order valence-electron chi connectivity index (χ4n) is 2.79. The number of hydrazine groups is 1. The molecule has 0 aromatic carbocycles. The highest BCUT2D eigenvalue weighted by atomic mass is 35.5. The lowest BCUT2D eigenvalue weighted by Crippen LogP contribution is -2.45. The molecule has 1 aliphatic heterocycles. The van der Waals surface area contributed by atoms with Gasteiger partial charge in [-0.25, -0.2) is 18.4 Å². The average molecular weight is 418 g/mol. The van der Waals surface area contributed by atoms with Gasteiger partial charge in [0.05, 0.1) is 15.6 Å². The Morgan fingerprint density at radius 1 is 1.23 bits per heavy atom. The number of thiophene rings is 1. The Bertz CT molecular complexity index is 976. The predicted octanol–water partition coefficient (Wildman–Crippen LogP) is 2.31. The first-order valence-corrected chi connectivity index (χ1v) is 10.8. The Morgan fingerprint density at radius 2 is 1.85 bits per heavy atom. The third kappa shape index (κ3) is 3.12. The fourth-order valence-corrected chi connectivity index (χ4v) is 5.64. The lowest BCUT2D eigenvalue weighted by atomic mass is 10.2. The zero-order valence-electron chi connectivity index (χ0n) is 14.3. The third-order valence-electron chi connectivity index (χ3n) is 4.04. The molecular formula is C15H16ClN3O5S2. The lowest BCUT2D eigenvalue weighted by molar-refractivity contribution is 0.0187. The molecule has 0 saturated carbocycles. The summed E-state index contributed by atoms with van der Waals surface area (Å²) in [4.78, 5) is 25.7. The lowest BCUT2D eigenvalue weighted by Gasteiger charge is -2.27. The van der Waals surface area contributed by atoms with Crippen molar-refractivity contribution in [2.45, 2.75) is 25.2 Å². The van der Waals surface area contributed by atoms with Crippen LogP contribution in [0.5, 0.6) is 0 Å². The quantitative estimate of drug-likeness (QED) is 0.759. The maximum atomic E-state index is 12.9. The van der Waals surface area contributed by atoms with Gasteiger partial charge in [0.2, 0.25) is 0 Å². The van der Waals surface area contributed by atoms with Gasteiger partial charge in [-0.1, -0.05) is 16.8 Å². The molecule has 0 atom stereocenters.